The molecule has 0 aliphatic carbocycles. The standard InChI is InChI=1S/C15H18N2OS/c1-10-9-12(15(18)16-3)6-7-13(10)17-11(2)14-5-4-8-19-14/h4-9,11,17H,1-3H3,(H,16,18). The predicted octanol–water partition coefficient (Wildman–Crippen LogP) is 3.59. The SMILES string of the molecule is CNC(=O)c1ccc(NC(C)c2cccs2)c(C)c1. The normalized spacial score (nSPS) is 11.9. The molecule has 0 aliphatic rings. The van der Waals surface area contributed by atoms with E-state index >= 15 is 0 Å². The van der Waals surface area contributed by atoms with Crippen LogP contribution in [0.3, 0.4) is 0 Å². The van der Waals surface area contributed by atoms with Gasteiger partial charge in [-0.2, -0.15) is 0 Å². The number of hydrogen-bond acceptors (Lipinski definition) is 3. The molecule has 4 heteroatoms. The molecule has 0 aliphatic heterocycles. The second-order valence-corrected chi connectivity index (χ2v) is 5.47. The van der Waals surface area contributed by atoms with Crippen LogP contribution in [0.2, 0.25) is 0 Å². The van der Waals surface area contributed by atoms with Crippen LogP contribution in [0, 0.1) is 6.92 Å². The van der Waals surface area contributed by atoms with Crippen molar-refractivity contribution in [2.24, 2.45) is 0 Å². The molecule has 2 rings (SSSR count). The number of thiophene rings is 1. The van der Waals surface area contributed by atoms with E-state index in [0.717, 1.165) is 11.3 Å². The van der Waals surface area contributed by atoms with Crippen molar-refractivity contribution < 1.29 is 4.79 Å². The van der Waals surface area contributed by atoms with Crippen LogP contribution in [0.5, 0.6) is 0 Å². The number of carbonyl (C=O) groups is 1. The van der Waals surface area contributed by atoms with Crippen LogP contribution in [0.15, 0.2) is 35.7 Å². The Bertz CT molecular complexity index is 564. The first kappa shape index (κ1) is 13.6. The van der Waals surface area contributed by atoms with Crippen molar-refractivity contribution in [3.63, 3.8) is 0 Å². The summed E-state index contributed by atoms with van der Waals surface area (Å²) < 4.78 is 0. The summed E-state index contributed by atoms with van der Waals surface area (Å²) in [7, 11) is 1.64. The molecular formula is C15H18N2OS. The molecular weight excluding hydrogens is 256 g/mol. The maximum Gasteiger partial charge on any atom is 0.251 e. The van der Waals surface area contributed by atoms with E-state index in [1.807, 2.05) is 25.1 Å². The van der Waals surface area contributed by atoms with E-state index in [1.54, 1.807) is 18.4 Å². The van der Waals surface area contributed by atoms with Crippen molar-refractivity contribution in [1.82, 2.24) is 5.32 Å². The molecule has 1 aromatic heterocycles. The molecule has 2 N–H and O–H groups in total. The van der Waals surface area contributed by atoms with E-state index < -0.39 is 0 Å². The summed E-state index contributed by atoms with van der Waals surface area (Å²) in [6, 6.07) is 10.2. The second kappa shape index (κ2) is 5.89. The van der Waals surface area contributed by atoms with Gasteiger partial charge < -0.3 is 10.6 Å². The minimum atomic E-state index is -0.0547. The summed E-state index contributed by atoms with van der Waals surface area (Å²) in [5, 5.41) is 8.19. The van der Waals surface area contributed by atoms with Crippen molar-refractivity contribution in [1.29, 1.82) is 0 Å². The minimum Gasteiger partial charge on any atom is -0.377 e. The summed E-state index contributed by atoms with van der Waals surface area (Å²) in [5.74, 6) is -0.0547. The third kappa shape index (κ3) is 3.15. The first-order valence-electron chi connectivity index (χ1n) is 6.24. The van der Waals surface area contributed by atoms with Crippen LogP contribution in [0.4, 0.5) is 5.69 Å². The Labute approximate surface area is 117 Å². The van der Waals surface area contributed by atoms with Crippen molar-refractivity contribution in [2.75, 3.05) is 12.4 Å². The number of benzene rings is 1. The van der Waals surface area contributed by atoms with Gasteiger partial charge in [0.05, 0.1) is 6.04 Å². The number of hydrogen-bond donors (Lipinski definition) is 2. The molecule has 2 aromatic rings. The van der Waals surface area contributed by atoms with Crippen molar-refractivity contribution >= 4 is 22.9 Å². The molecule has 1 aromatic carbocycles. The van der Waals surface area contributed by atoms with E-state index in [-0.39, 0.29) is 11.9 Å². The molecule has 1 atom stereocenters. The van der Waals surface area contributed by atoms with Gasteiger partial charge in [0.1, 0.15) is 0 Å². The van der Waals surface area contributed by atoms with Gasteiger partial charge in [-0.15, -0.1) is 11.3 Å². The lowest BCUT2D eigenvalue weighted by atomic mass is 10.1. The van der Waals surface area contributed by atoms with Crippen molar-refractivity contribution in [2.45, 2.75) is 19.9 Å². The fraction of sp³-hybridized carbons (Fsp3) is 0.267. The molecule has 19 heavy (non-hydrogen) atoms. The van der Waals surface area contributed by atoms with Crippen LogP contribution in [0.1, 0.15) is 33.8 Å². The summed E-state index contributed by atoms with van der Waals surface area (Å²) in [5.41, 5.74) is 2.83. The summed E-state index contributed by atoms with van der Waals surface area (Å²) in [6.07, 6.45) is 0. The molecule has 100 valence electrons. The van der Waals surface area contributed by atoms with Gasteiger partial charge in [-0.3, -0.25) is 4.79 Å². The largest absolute Gasteiger partial charge is 0.377 e. The van der Waals surface area contributed by atoms with Gasteiger partial charge in [0.25, 0.3) is 5.91 Å². The number of anilines is 1. The molecule has 1 unspecified atom stereocenters. The molecule has 0 saturated carbocycles. The molecule has 0 spiro atoms. The van der Waals surface area contributed by atoms with Gasteiger partial charge in [0.15, 0.2) is 0 Å². The fourth-order valence-corrected chi connectivity index (χ4v) is 2.69. The van der Waals surface area contributed by atoms with Crippen LogP contribution in [-0.4, -0.2) is 13.0 Å². The van der Waals surface area contributed by atoms with E-state index in [1.165, 1.54) is 4.88 Å². The molecule has 1 amide bonds. The number of rotatable bonds is 4. The minimum absolute atomic E-state index is 0.0547. The van der Waals surface area contributed by atoms with Crippen LogP contribution >= 0.6 is 11.3 Å². The van der Waals surface area contributed by atoms with Crippen LogP contribution < -0.4 is 10.6 Å². The number of nitrogens with one attached hydrogen (secondary N) is 2. The van der Waals surface area contributed by atoms with Gasteiger partial charge in [-0.1, -0.05) is 6.07 Å². The first-order chi connectivity index (χ1) is 9.11. The Morgan fingerprint density at radius 3 is 2.68 bits per heavy atom. The third-order valence-corrected chi connectivity index (χ3v) is 4.11. The highest BCUT2D eigenvalue weighted by atomic mass is 32.1. The lowest BCUT2D eigenvalue weighted by Gasteiger charge is -2.16. The van der Waals surface area contributed by atoms with Gasteiger partial charge in [-0.25, -0.2) is 0 Å². The first-order valence-corrected chi connectivity index (χ1v) is 7.12. The molecule has 0 fully saturated rings. The third-order valence-electron chi connectivity index (χ3n) is 3.06. The predicted molar refractivity (Wildman–Crippen MR) is 80.9 cm³/mol. The van der Waals surface area contributed by atoms with Crippen LogP contribution in [-0.2, 0) is 0 Å². The maximum absolute atomic E-state index is 11.6. The van der Waals surface area contributed by atoms with Crippen molar-refractivity contribution in [3.05, 3.63) is 51.7 Å². The number of carbonyl (C=O) groups excluding carboxylic acids is 1. The lowest BCUT2D eigenvalue weighted by Crippen LogP contribution is -2.18. The fourth-order valence-electron chi connectivity index (χ4n) is 1.95. The smallest absolute Gasteiger partial charge is 0.251 e. The average molecular weight is 274 g/mol. The lowest BCUT2D eigenvalue weighted by molar-refractivity contribution is 0.0963. The highest BCUT2D eigenvalue weighted by Gasteiger charge is 2.09. The Morgan fingerprint density at radius 1 is 1.32 bits per heavy atom. The molecule has 3 nitrogen and oxygen atoms in total. The summed E-state index contributed by atoms with van der Waals surface area (Å²) in [4.78, 5) is 12.9. The Kier molecular flexibility index (Phi) is 4.22. The highest BCUT2D eigenvalue weighted by molar-refractivity contribution is 7.10. The summed E-state index contributed by atoms with van der Waals surface area (Å²) in [6.45, 7) is 4.15. The number of aryl methyl sites for hydroxylation is 1. The quantitative estimate of drug-likeness (QED) is 0.894. The molecule has 1 heterocycles. The van der Waals surface area contributed by atoms with E-state index in [0.29, 0.717) is 5.56 Å². The van der Waals surface area contributed by atoms with E-state index in [2.05, 4.69) is 35.1 Å². The van der Waals surface area contributed by atoms with Gasteiger partial charge >= 0.3 is 0 Å². The van der Waals surface area contributed by atoms with E-state index in [4.69, 9.17) is 0 Å². The van der Waals surface area contributed by atoms with Gasteiger partial charge in [-0.05, 0) is 49.1 Å². The Balaban J connectivity index is 2.15. The second-order valence-electron chi connectivity index (χ2n) is 4.49. The molecule has 0 saturated heterocycles. The van der Waals surface area contributed by atoms with Gasteiger partial charge in [0.2, 0.25) is 0 Å². The van der Waals surface area contributed by atoms with E-state index in [9.17, 15) is 4.79 Å². The topological polar surface area (TPSA) is 41.1 Å². The average Bonchev–Trinajstić information content (AvgIpc) is 2.94. The van der Waals surface area contributed by atoms with Gasteiger partial charge in [0, 0.05) is 23.2 Å². The summed E-state index contributed by atoms with van der Waals surface area (Å²) >= 11 is 1.74. The molecule has 0 bridgehead atoms. The monoisotopic (exact) mass is 274 g/mol. The highest BCUT2D eigenvalue weighted by Crippen LogP contribution is 2.25. The molecule has 0 radical (unpaired) electrons. The number of amides is 1. The maximum atomic E-state index is 11.6. The Morgan fingerprint density at radius 2 is 2.11 bits per heavy atom. The van der Waals surface area contributed by atoms with Crippen LogP contribution in [0.25, 0.3) is 0 Å². The zero-order chi connectivity index (χ0) is 13.8. The zero-order valence-corrected chi connectivity index (χ0v) is 12.2. The Hall–Kier alpha value is -1.81. The zero-order valence-electron chi connectivity index (χ0n) is 11.4. The van der Waals surface area contributed by atoms with Crippen molar-refractivity contribution in [3.8, 4) is 0 Å².